The van der Waals surface area contributed by atoms with Crippen molar-refractivity contribution in [3.05, 3.63) is 65.7 Å². The Bertz CT molecular complexity index is 911. The second-order valence-electron chi connectivity index (χ2n) is 6.58. The third-order valence-electron chi connectivity index (χ3n) is 4.02. The molecule has 7 nitrogen and oxygen atoms in total. The molecule has 0 heterocycles. The molecule has 2 aromatic carbocycles. The van der Waals surface area contributed by atoms with Gasteiger partial charge in [0.2, 0.25) is 5.91 Å². The second kappa shape index (κ2) is 11.6. The first-order chi connectivity index (χ1) is 14.4. The van der Waals surface area contributed by atoms with Crippen molar-refractivity contribution < 1.29 is 19.1 Å². The fourth-order valence-electron chi connectivity index (χ4n) is 2.41. The molecule has 0 atom stereocenters. The molecule has 2 amide bonds. The van der Waals surface area contributed by atoms with Crippen LogP contribution in [0.2, 0.25) is 0 Å². The van der Waals surface area contributed by atoms with Gasteiger partial charge in [-0.15, -0.1) is 0 Å². The molecule has 0 radical (unpaired) electrons. The van der Waals surface area contributed by atoms with Gasteiger partial charge in [0.1, 0.15) is 11.5 Å². The number of thiocarbonyl (C=S) groups is 1. The van der Waals surface area contributed by atoms with Gasteiger partial charge in [0.15, 0.2) is 11.7 Å². The molecule has 0 saturated heterocycles. The lowest BCUT2D eigenvalue weighted by Crippen LogP contribution is -2.49. The highest BCUT2D eigenvalue weighted by Gasteiger charge is 2.06. The average molecular weight is 428 g/mol. The Morgan fingerprint density at radius 1 is 1.07 bits per heavy atom. The third-order valence-corrected chi connectivity index (χ3v) is 4.23. The van der Waals surface area contributed by atoms with E-state index in [0.29, 0.717) is 17.4 Å². The summed E-state index contributed by atoms with van der Waals surface area (Å²) in [6, 6.07) is 14.8. The molecule has 0 unspecified atom stereocenters. The number of ether oxygens (including phenoxy) is 2. The van der Waals surface area contributed by atoms with Crippen LogP contribution < -0.4 is 25.6 Å². The van der Waals surface area contributed by atoms with Gasteiger partial charge < -0.3 is 9.47 Å². The van der Waals surface area contributed by atoms with Crippen LogP contribution in [0, 0.1) is 0 Å². The highest BCUT2D eigenvalue weighted by molar-refractivity contribution is 7.80. The Hall–Kier alpha value is -3.39. The summed E-state index contributed by atoms with van der Waals surface area (Å²) >= 11 is 4.99. The van der Waals surface area contributed by atoms with E-state index in [4.69, 9.17) is 21.7 Å². The SMILES string of the molecule is COc1ccccc1/C=C/C(=O)NC(=S)NNC(=O)COc1ccc(C(C)C)cc1. The maximum Gasteiger partial charge on any atom is 0.276 e. The molecule has 0 bridgehead atoms. The summed E-state index contributed by atoms with van der Waals surface area (Å²) in [6.07, 6.45) is 2.92. The monoisotopic (exact) mass is 427 g/mol. The van der Waals surface area contributed by atoms with Crippen LogP contribution in [0.5, 0.6) is 11.5 Å². The summed E-state index contributed by atoms with van der Waals surface area (Å²) in [6.45, 7) is 4.01. The number of carbonyl (C=O) groups is 2. The van der Waals surface area contributed by atoms with Crippen LogP contribution in [0.25, 0.3) is 6.08 Å². The minimum absolute atomic E-state index is 0.0423. The number of carbonyl (C=O) groups excluding carboxylic acids is 2. The van der Waals surface area contributed by atoms with Crippen LogP contribution >= 0.6 is 12.2 Å². The maximum atomic E-state index is 12.0. The lowest BCUT2D eigenvalue weighted by molar-refractivity contribution is -0.123. The summed E-state index contributed by atoms with van der Waals surface area (Å²) in [4.78, 5) is 23.8. The van der Waals surface area contributed by atoms with Crippen molar-refractivity contribution >= 4 is 35.2 Å². The van der Waals surface area contributed by atoms with Gasteiger partial charge in [-0.05, 0) is 48.0 Å². The number of para-hydroxylation sites is 1. The molecule has 2 aromatic rings. The molecule has 3 N–H and O–H groups in total. The quantitative estimate of drug-likeness (QED) is 0.358. The maximum absolute atomic E-state index is 12.0. The van der Waals surface area contributed by atoms with Gasteiger partial charge in [-0.25, -0.2) is 0 Å². The van der Waals surface area contributed by atoms with E-state index in [9.17, 15) is 9.59 Å². The molecule has 0 aliphatic rings. The van der Waals surface area contributed by atoms with E-state index in [1.807, 2.05) is 42.5 Å². The Kier molecular flexibility index (Phi) is 8.83. The van der Waals surface area contributed by atoms with Crippen LogP contribution in [0.4, 0.5) is 0 Å². The Balaban J connectivity index is 1.72. The van der Waals surface area contributed by atoms with Crippen molar-refractivity contribution in [3.8, 4) is 11.5 Å². The number of benzene rings is 2. The zero-order chi connectivity index (χ0) is 21.9. The molecule has 30 heavy (non-hydrogen) atoms. The van der Waals surface area contributed by atoms with Gasteiger partial charge in [-0.2, -0.15) is 0 Å². The summed E-state index contributed by atoms with van der Waals surface area (Å²) < 4.78 is 10.6. The van der Waals surface area contributed by atoms with Crippen LogP contribution in [0.3, 0.4) is 0 Å². The molecule has 0 spiro atoms. The van der Waals surface area contributed by atoms with E-state index < -0.39 is 11.8 Å². The number of hydrogen-bond acceptors (Lipinski definition) is 5. The third kappa shape index (κ3) is 7.56. The van der Waals surface area contributed by atoms with Gasteiger partial charge in [-0.3, -0.25) is 25.8 Å². The Morgan fingerprint density at radius 3 is 2.43 bits per heavy atom. The first-order valence-electron chi connectivity index (χ1n) is 9.32. The molecule has 0 aliphatic carbocycles. The van der Waals surface area contributed by atoms with Gasteiger partial charge in [0.05, 0.1) is 7.11 Å². The van der Waals surface area contributed by atoms with E-state index in [2.05, 4.69) is 30.0 Å². The number of amides is 2. The van der Waals surface area contributed by atoms with Crippen LogP contribution in [-0.4, -0.2) is 30.6 Å². The first kappa shape index (κ1) is 22.9. The number of hydrogen-bond donors (Lipinski definition) is 3. The average Bonchev–Trinajstić information content (AvgIpc) is 2.75. The van der Waals surface area contributed by atoms with Gasteiger partial charge in [0.25, 0.3) is 5.91 Å². The van der Waals surface area contributed by atoms with Crippen molar-refractivity contribution in [1.29, 1.82) is 0 Å². The summed E-state index contributed by atoms with van der Waals surface area (Å²) in [5, 5.41) is 2.39. The zero-order valence-electron chi connectivity index (χ0n) is 17.1. The molecule has 0 aromatic heterocycles. The predicted octanol–water partition coefficient (Wildman–Crippen LogP) is 2.93. The number of hydrazine groups is 1. The topological polar surface area (TPSA) is 88.7 Å². The zero-order valence-corrected chi connectivity index (χ0v) is 17.9. The lowest BCUT2D eigenvalue weighted by Gasteiger charge is -2.11. The van der Waals surface area contributed by atoms with Crippen molar-refractivity contribution in [2.45, 2.75) is 19.8 Å². The molecule has 0 aliphatic heterocycles. The van der Waals surface area contributed by atoms with Crippen molar-refractivity contribution in [2.75, 3.05) is 13.7 Å². The van der Waals surface area contributed by atoms with Crippen LogP contribution in [-0.2, 0) is 9.59 Å². The normalized spacial score (nSPS) is 10.5. The van der Waals surface area contributed by atoms with E-state index in [1.165, 1.54) is 11.6 Å². The number of rotatable bonds is 7. The summed E-state index contributed by atoms with van der Waals surface area (Å²) in [5.74, 6) is 0.769. The fraction of sp³-hybridized carbons (Fsp3) is 0.227. The van der Waals surface area contributed by atoms with Gasteiger partial charge in [-0.1, -0.05) is 44.2 Å². The predicted molar refractivity (Wildman–Crippen MR) is 120 cm³/mol. The van der Waals surface area contributed by atoms with Crippen molar-refractivity contribution in [1.82, 2.24) is 16.2 Å². The molecule has 8 heteroatoms. The molecule has 158 valence electrons. The highest BCUT2D eigenvalue weighted by Crippen LogP contribution is 2.19. The standard InChI is InChI=1S/C22H25N3O4S/c1-15(2)16-8-11-18(12-9-16)29-14-21(27)24-25-22(30)23-20(26)13-10-17-6-4-5-7-19(17)28-3/h4-13,15H,14H2,1-3H3,(H,24,27)(H2,23,25,26,30)/b13-10+. The van der Waals surface area contributed by atoms with Crippen LogP contribution in [0.1, 0.15) is 30.9 Å². The van der Waals surface area contributed by atoms with Gasteiger partial charge >= 0.3 is 0 Å². The highest BCUT2D eigenvalue weighted by atomic mass is 32.1. The number of nitrogens with one attached hydrogen (secondary N) is 3. The molecule has 2 rings (SSSR count). The van der Waals surface area contributed by atoms with E-state index in [1.54, 1.807) is 19.3 Å². The number of methoxy groups -OCH3 is 1. The smallest absolute Gasteiger partial charge is 0.276 e. The minimum Gasteiger partial charge on any atom is -0.496 e. The molecule has 0 saturated carbocycles. The van der Waals surface area contributed by atoms with Crippen molar-refractivity contribution in [2.24, 2.45) is 0 Å². The van der Waals surface area contributed by atoms with Crippen LogP contribution in [0.15, 0.2) is 54.6 Å². The molecule has 0 fully saturated rings. The fourth-order valence-corrected chi connectivity index (χ4v) is 2.57. The van der Waals surface area contributed by atoms with E-state index in [-0.39, 0.29) is 11.7 Å². The molecular weight excluding hydrogens is 402 g/mol. The Labute approximate surface area is 181 Å². The largest absolute Gasteiger partial charge is 0.496 e. The summed E-state index contributed by atoms with van der Waals surface area (Å²) in [7, 11) is 1.55. The Morgan fingerprint density at radius 2 is 1.77 bits per heavy atom. The summed E-state index contributed by atoms with van der Waals surface area (Å²) in [5.41, 5.74) is 6.76. The van der Waals surface area contributed by atoms with E-state index in [0.717, 1.165) is 5.56 Å². The first-order valence-corrected chi connectivity index (χ1v) is 9.73. The van der Waals surface area contributed by atoms with Gasteiger partial charge in [0, 0.05) is 11.6 Å². The second-order valence-corrected chi connectivity index (χ2v) is 6.99. The molecular formula is C22H25N3O4S. The van der Waals surface area contributed by atoms with E-state index >= 15 is 0 Å². The minimum atomic E-state index is -0.450. The lowest BCUT2D eigenvalue weighted by atomic mass is 10.0. The van der Waals surface area contributed by atoms with Crippen molar-refractivity contribution in [3.63, 3.8) is 0 Å².